The highest BCUT2D eigenvalue weighted by Gasteiger charge is 2.30. The number of benzene rings is 1. The minimum absolute atomic E-state index is 0.0775. The molecule has 3 atom stereocenters. The number of esters is 1. The van der Waals surface area contributed by atoms with E-state index in [1.165, 1.54) is 18.3 Å². The van der Waals surface area contributed by atoms with Crippen LogP contribution < -0.4 is 9.04 Å². The number of ether oxygens (including phenoxy) is 3. The van der Waals surface area contributed by atoms with Crippen molar-refractivity contribution in [2.45, 2.75) is 43.3 Å². The molecule has 1 saturated heterocycles. The van der Waals surface area contributed by atoms with Crippen LogP contribution in [0.4, 0.5) is 5.69 Å². The summed E-state index contributed by atoms with van der Waals surface area (Å²) in [5.74, 6) is -0.580. The summed E-state index contributed by atoms with van der Waals surface area (Å²) in [4.78, 5) is 26.4. The van der Waals surface area contributed by atoms with Gasteiger partial charge in [0, 0.05) is 20.1 Å². The zero-order valence-corrected chi connectivity index (χ0v) is 20.6. The summed E-state index contributed by atoms with van der Waals surface area (Å²) in [6, 6.07) is 9.52. The maximum absolute atomic E-state index is 12.6. The Labute approximate surface area is 197 Å². The number of sulfonamides is 1. The molecule has 0 spiro atoms. The zero-order chi connectivity index (χ0) is 24.2. The molecule has 1 aromatic carbocycles. The van der Waals surface area contributed by atoms with Crippen molar-refractivity contribution in [3.05, 3.63) is 41.8 Å². The van der Waals surface area contributed by atoms with E-state index in [0.717, 1.165) is 11.3 Å². The van der Waals surface area contributed by atoms with Crippen LogP contribution in [0.2, 0.25) is 0 Å². The first kappa shape index (κ1) is 25.0. The number of anilines is 1. The second-order valence-electron chi connectivity index (χ2n) is 7.82. The van der Waals surface area contributed by atoms with Gasteiger partial charge in [-0.3, -0.25) is 9.10 Å². The summed E-state index contributed by atoms with van der Waals surface area (Å²) < 4.78 is 42.9. The fraction of sp³-hybridized carbons (Fsp3) is 0.455. The highest BCUT2D eigenvalue weighted by Crippen LogP contribution is 2.26. The highest BCUT2D eigenvalue weighted by atomic mass is 32.2. The second kappa shape index (κ2) is 10.5. The SMILES string of the molecule is CC1CN(C(=O)C(C)OC(=O)COc2ccc(N(C)S(=O)(=O)c3cccs3)cc2)CC(C)O1. The number of hydrogen-bond acceptors (Lipinski definition) is 8. The molecule has 0 radical (unpaired) electrons. The Bertz CT molecular complexity index is 1040. The lowest BCUT2D eigenvalue weighted by molar-refractivity contribution is -0.165. The third-order valence-corrected chi connectivity index (χ3v) is 8.21. The predicted molar refractivity (Wildman–Crippen MR) is 124 cm³/mol. The molecule has 180 valence electrons. The number of carbonyl (C=O) groups is 2. The average Bonchev–Trinajstić information content (AvgIpc) is 3.32. The van der Waals surface area contributed by atoms with Gasteiger partial charge in [-0.2, -0.15) is 0 Å². The lowest BCUT2D eigenvalue weighted by atomic mass is 10.2. The predicted octanol–water partition coefficient (Wildman–Crippen LogP) is 2.52. The van der Waals surface area contributed by atoms with Gasteiger partial charge in [0.25, 0.3) is 15.9 Å². The van der Waals surface area contributed by atoms with Crippen molar-refractivity contribution in [1.82, 2.24) is 4.90 Å². The summed E-state index contributed by atoms with van der Waals surface area (Å²) in [5, 5.41) is 1.70. The molecule has 9 nitrogen and oxygen atoms in total. The van der Waals surface area contributed by atoms with Gasteiger partial charge in [-0.15, -0.1) is 11.3 Å². The lowest BCUT2D eigenvalue weighted by Gasteiger charge is -2.36. The first-order valence-electron chi connectivity index (χ1n) is 10.5. The smallest absolute Gasteiger partial charge is 0.344 e. The minimum atomic E-state index is -3.63. The molecular formula is C22H28N2O7S2. The van der Waals surface area contributed by atoms with Crippen molar-refractivity contribution in [1.29, 1.82) is 0 Å². The molecule has 1 amide bonds. The molecule has 3 rings (SSSR count). The van der Waals surface area contributed by atoms with E-state index >= 15 is 0 Å². The molecule has 0 N–H and O–H groups in total. The molecule has 0 saturated carbocycles. The number of rotatable bonds is 8. The van der Waals surface area contributed by atoms with Crippen molar-refractivity contribution < 1.29 is 32.2 Å². The van der Waals surface area contributed by atoms with E-state index in [0.29, 0.717) is 24.5 Å². The first-order valence-corrected chi connectivity index (χ1v) is 12.8. The Hall–Kier alpha value is -2.63. The molecule has 11 heteroatoms. The highest BCUT2D eigenvalue weighted by molar-refractivity contribution is 7.94. The van der Waals surface area contributed by atoms with Crippen LogP contribution in [-0.2, 0) is 29.1 Å². The Morgan fingerprint density at radius 3 is 2.39 bits per heavy atom. The second-order valence-corrected chi connectivity index (χ2v) is 11.0. The maximum Gasteiger partial charge on any atom is 0.344 e. The summed E-state index contributed by atoms with van der Waals surface area (Å²) >= 11 is 1.14. The molecule has 1 aliphatic rings. The van der Waals surface area contributed by atoms with Crippen molar-refractivity contribution in [2.24, 2.45) is 0 Å². The van der Waals surface area contributed by atoms with Gasteiger partial charge in [0.05, 0.1) is 17.9 Å². The molecule has 1 aliphatic heterocycles. The molecule has 1 aromatic heterocycles. The average molecular weight is 497 g/mol. The van der Waals surface area contributed by atoms with Crippen molar-refractivity contribution in [3.8, 4) is 5.75 Å². The van der Waals surface area contributed by atoms with Gasteiger partial charge in [0.15, 0.2) is 12.7 Å². The van der Waals surface area contributed by atoms with Crippen molar-refractivity contribution >= 4 is 38.9 Å². The Balaban J connectivity index is 1.50. The zero-order valence-electron chi connectivity index (χ0n) is 19.0. The monoisotopic (exact) mass is 496 g/mol. The largest absolute Gasteiger partial charge is 0.482 e. The van der Waals surface area contributed by atoms with Crippen molar-refractivity contribution in [2.75, 3.05) is 31.0 Å². The summed E-state index contributed by atoms with van der Waals surface area (Å²) in [6.07, 6.45) is -1.09. The van der Waals surface area contributed by atoms with Crippen LogP contribution in [0, 0.1) is 0 Å². The van der Waals surface area contributed by atoms with Gasteiger partial charge in [-0.05, 0) is 56.5 Å². The van der Waals surface area contributed by atoms with E-state index < -0.39 is 22.1 Å². The number of hydrogen-bond donors (Lipinski definition) is 0. The van der Waals surface area contributed by atoms with Crippen LogP contribution in [-0.4, -0.2) is 70.3 Å². The standard InChI is InChI=1S/C22H28N2O7S2/c1-15-12-24(13-16(2)30-15)22(26)17(3)31-20(25)14-29-19-9-7-18(8-10-19)23(4)33(27,28)21-6-5-11-32-21/h5-11,15-17H,12-14H2,1-4H3. The molecule has 33 heavy (non-hydrogen) atoms. The normalized spacial score (nSPS) is 19.6. The molecule has 0 aliphatic carbocycles. The quantitative estimate of drug-likeness (QED) is 0.518. The van der Waals surface area contributed by atoms with E-state index in [2.05, 4.69) is 0 Å². The van der Waals surface area contributed by atoms with E-state index in [1.807, 2.05) is 13.8 Å². The molecular weight excluding hydrogens is 468 g/mol. The summed E-state index contributed by atoms with van der Waals surface area (Å²) in [7, 11) is -2.16. The van der Waals surface area contributed by atoms with E-state index in [-0.39, 0.29) is 28.9 Å². The fourth-order valence-electron chi connectivity index (χ4n) is 3.48. The van der Waals surface area contributed by atoms with Gasteiger partial charge in [-0.1, -0.05) is 6.07 Å². The molecule has 1 fully saturated rings. The van der Waals surface area contributed by atoms with Gasteiger partial charge in [-0.25, -0.2) is 13.2 Å². The Morgan fingerprint density at radius 2 is 1.82 bits per heavy atom. The van der Waals surface area contributed by atoms with Crippen molar-refractivity contribution in [3.63, 3.8) is 0 Å². The van der Waals surface area contributed by atoms with E-state index in [1.54, 1.807) is 46.7 Å². The topological polar surface area (TPSA) is 102 Å². The molecule has 2 heterocycles. The number of amides is 1. The van der Waals surface area contributed by atoms with Gasteiger partial charge >= 0.3 is 5.97 Å². The number of thiophene rings is 1. The van der Waals surface area contributed by atoms with Crippen LogP contribution in [0.15, 0.2) is 46.0 Å². The molecule has 2 aromatic rings. The molecule has 3 unspecified atom stereocenters. The number of nitrogens with zero attached hydrogens (tertiary/aromatic N) is 2. The van der Waals surface area contributed by atoms with Gasteiger partial charge in [0.1, 0.15) is 9.96 Å². The van der Waals surface area contributed by atoms with Crippen LogP contribution in [0.3, 0.4) is 0 Å². The summed E-state index contributed by atoms with van der Waals surface area (Å²) in [5.41, 5.74) is 0.450. The van der Waals surface area contributed by atoms with Gasteiger partial charge in [0.2, 0.25) is 0 Å². The first-order chi connectivity index (χ1) is 15.6. The number of carbonyl (C=O) groups excluding carboxylic acids is 2. The van der Waals surface area contributed by atoms with Crippen LogP contribution in [0.5, 0.6) is 5.75 Å². The van der Waals surface area contributed by atoms with Crippen LogP contribution in [0.1, 0.15) is 20.8 Å². The van der Waals surface area contributed by atoms with E-state index in [4.69, 9.17) is 14.2 Å². The number of morpholine rings is 1. The lowest BCUT2D eigenvalue weighted by Crippen LogP contribution is -2.51. The third-order valence-electron chi connectivity index (χ3n) is 5.05. The fourth-order valence-corrected chi connectivity index (χ4v) is 5.83. The van der Waals surface area contributed by atoms with Crippen LogP contribution in [0.25, 0.3) is 0 Å². The maximum atomic E-state index is 12.6. The Morgan fingerprint density at radius 1 is 1.18 bits per heavy atom. The molecule has 0 bridgehead atoms. The van der Waals surface area contributed by atoms with Crippen LogP contribution >= 0.6 is 11.3 Å². The summed E-state index contributed by atoms with van der Waals surface area (Å²) in [6.45, 7) is 5.83. The minimum Gasteiger partial charge on any atom is -0.482 e. The van der Waals surface area contributed by atoms with E-state index in [9.17, 15) is 18.0 Å². The Kier molecular flexibility index (Phi) is 7.98. The third kappa shape index (κ3) is 6.24. The van der Waals surface area contributed by atoms with Gasteiger partial charge < -0.3 is 19.1 Å².